The van der Waals surface area contributed by atoms with Crippen molar-refractivity contribution in [1.29, 1.82) is 0 Å². The Morgan fingerprint density at radius 1 is 1.12 bits per heavy atom. The van der Waals surface area contributed by atoms with Crippen molar-refractivity contribution in [2.75, 3.05) is 0 Å². The van der Waals surface area contributed by atoms with Gasteiger partial charge in [0.25, 0.3) is 0 Å². The number of aryl methyl sites for hydroxylation is 1. The minimum absolute atomic E-state index is 0. The summed E-state index contributed by atoms with van der Waals surface area (Å²) in [7, 11) is 0. The zero-order valence-corrected chi connectivity index (χ0v) is 15.3. The molecular formula is C21H22ClN3O. The summed E-state index contributed by atoms with van der Waals surface area (Å²) < 4.78 is 0. The number of carbonyl (C=O) groups excluding carboxylic acids is 1. The molecule has 2 heterocycles. The number of fused-ring (bicyclic) bond motifs is 1. The highest BCUT2D eigenvalue weighted by Crippen LogP contribution is 2.29. The SMILES string of the molecule is Cl.NC(=O)Cc1ccc(Cc2cc(-c3ccc[nH]3)nc3c2CCC3)cc1. The number of hydrogen-bond donors (Lipinski definition) is 2. The third kappa shape index (κ3) is 3.81. The monoisotopic (exact) mass is 367 g/mol. The molecule has 134 valence electrons. The van der Waals surface area contributed by atoms with Crippen LogP contribution in [0.5, 0.6) is 0 Å². The predicted octanol–water partition coefficient (Wildman–Crippen LogP) is 3.61. The number of H-pyrrole nitrogens is 1. The van der Waals surface area contributed by atoms with Crippen LogP contribution in [0.25, 0.3) is 11.4 Å². The first-order chi connectivity index (χ1) is 12.2. The van der Waals surface area contributed by atoms with Crippen LogP contribution in [-0.2, 0) is 30.5 Å². The Balaban J connectivity index is 0.00000196. The number of hydrogen-bond acceptors (Lipinski definition) is 2. The van der Waals surface area contributed by atoms with Gasteiger partial charge in [-0.3, -0.25) is 9.78 Å². The second kappa shape index (κ2) is 7.75. The van der Waals surface area contributed by atoms with E-state index >= 15 is 0 Å². The molecule has 0 fully saturated rings. The Hall–Kier alpha value is -2.59. The van der Waals surface area contributed by atoms with Gasteiger partial charge in [-0.2, -0.15) is 0 Å². The number of halogens is 1. The average molecular weight is 368 g/mol. The lowest BCUT2D eigenvalue weighted by molar-refractivity contribution is -0.117. The molecule has 4 rings (SSSR count). The van der Waals surface area contributed by atoms with Crippen LogP contribution in [0.3, 0.4) is 0 Å². The quantitative estimate of drug-likeness (QED) is 0.723. The molecule has 2 aromatic heterocycles. The molecule has 0 spiro atoms. The van der Waals surface area contributed by atoms with Gasteiger partial charge in [-0.25, -0.2) is 0 Å². The van der Waals surface area contributed by atoms with E-state index in [0.717, 1.165) is 36.2 Å². The summed E-state index contributed by atoms with van der Waals surface area (Å²) in [6.07, 6.45) is 6.47. The molecule has 3 aromatic rings. The molecule has 1 aliphatic rings. The molecular weight excluding hydrogens is 346 g/mol. The number of aromatic nitrogens is 2. The number of nitrogens with one attached hydrogen (secondary N) is 1. The highest BCUT2D eigenvalue weighted by Gasteiger charge is 2.18. The Morgan fingerprint density at radius 3 is 2.58 bits per heavy atom. The predicted molar refractivity (Wildman–Crippen MR) is 105 cm³/mol. The summed E-state index contributed by atoms with van der Waals surface area (Å²) >= 11 is 0. The lowest BCUT2D eigenvalue weighted by atomic mass is 9.97. The summed E-state index contributed by atoms with van der Waals surface area (Å²) in [5.74, 6) is -0.296. The minimum atomic E-state index is -0.296. The van der Waals surface area contributed by atoms with Crippen molar-refractivity contribution in [3.05, 3.63) is 76.6 Å². The Morgan fingerprint density at radius 2 is 1.88 bits per heavy atom. The summed E-state index contributed by atoms with van der Waals surface area (Å²) in [4.78, 5) is 19.2. The van der Waals surface area contributed by atoms with Crippen LogP contribution in [0.4, 0.5) is 0 Å². The van der Waals surface area contributed by atoms with Gasteiger partial charge in [0.15, 0.2) is 0 Å². The maximum atomic E-state index is 11.0. The van der Waals surface area contributed by atoms with E-state index in [1.54, 1.807) is 0 Å². The highest BCUT2D eigenvalue weighted by atomic mass is 35.5. The van der Waals surface area contributed by atoms with Crippen molar-refractivity contribution in [2.45, 2.75) is 32.1 Å². The second-order valence-electron chi connectivity index (χ2n) is 6.67. The summed E-state index contributed by atoms with van der Waals surface area (Å²) in [5.41, 5.74) is 13.6. The van der Waals surface area contributed by atoms with Crippen molar-refractivity contribution in [3.63, 3.8) is 0 Å². The summed E-state index contributed by atoms with van der Waals surface area (Å²) in [6.45, 7) is 0. The normalized spacial score (nSPS) is 12.5. The van der Waals surface area contributed by atoms with Gasteiger partial charge >= 0.3 is 0 Å². The van der Waals surface area contributed by atoms with E-state index in [4.69, 9.17) is 10.7 Å². The number of benzene rings is 1. The number of aromatic amines is 1. The maximum Gasteiger partial charge on any atom is 0.221 e. The van der Waals surface area contributed by atoms with Crippen molar-refractivity contribution >= 4 is 18.3 Å². The van der Waals surface area contributed by atoms with Gasteiger partial charge in [0, 0.05) is 11.9 Å². The molecule has 1 aliphatic carbocycles. The smallest absolute Gasteiger partial charge is 0.221 e. The fourth-order valence-corrected chi connectivity index (χ4v) is 3.61. The molecule has 0 saturated heterocycles. The Labute approximate surface area is 159 Å². The van der Waals surface area contributed by atoms with Crippen LogP contribution < -0.4 is 5.73 Å². The van der Waals surface area contributed by atoms with E-state index in [2.05, 4.69) is 29.2 Å². The summed E-state index contributed by atoms with van der Waals surface area (Å²) in [6, 6.07) is 14.4. The van der Waals surface area contributed by atoms with Crippen LogP contribution in [0.15, 0.2) is 48.7 Å². The first-order valence-corrected chi connectivity index (χ1v) is 8.70. The van der Waals surface area contributed by atoms with Crippen molar-refractivity contribution in [1.82, 2.24) is 9.97 Å². The number of pyridine rings is 1. The van der Waals surface area contributed by atoms with Crippen molar-refractivity contribution in [3.8, 4) is 11.4 Å². The highest BCUT2D eigenvalue weighted by molar-refractivity contribution is 5.85. The van der Waals surface area contributed by atoms with Gasteiger partial charge < -0.3 is 10.7 Å². The largest absolute Gasteiger partial charge is 0.369 e. The minimum Gasteiger partial charge on any atom is -0.369 e. The van der Waals surface area contributed by atoms with E-state index in [1.807, 2.05) is 24.4 Å². The van der Waals surface area contributed by atoms with E-state index in [0.29, 0.717) is 6.42 Å². The molecule has 26 heavy (non-hydrogen) atoms. The van der Waals surface area contributed by atoms with Crippen LogP contribution in [0.1, 0.15) is 34.4 Å². The number of nitrogens with zero attached hydrogens (tertiary/aromatic N) is 1. The molecule has 1 amide bonds. The van der Waals surface area contributed by atoms with Gasteiger partial charge in [-0.05, 0) is 66.1 Å². The molecule has 4 nitrogen and oxygen atoms in total. The van der Waals surface area contributed by atoms with E-state index in [9.17, 15) is 4.79 Å². The topological polar surface area (TPSA) is 71.8 Å². The molecule has 3 N–H and O–H groups in total. The van der Waals surface area contributed by atoms with Crippen LogP contribution in [0, 0.1) is 0 Å². The molecule has 5 heteroatoms. The molecule has 0 atom stereocenters. The zero-order valence-electron chi connectivity index (χ0n) is 14.5. The second-order valence-corrected chi connectivity index (χ2v) is 6.67. The van der Waals surface area contributed by atoms with E-state index in [-0.39, 0.29) is 18.3 Å². The molecule has 0 saturated carbocycles. The number of primary amides is 1. The van der Waals surface area contributed by atoms with Gasteiger partial charge in [-0.15, -0.1) is 12.4 Å². The van der Waals surface area contributed by atoms with Gasteiger partial charge in [0.2, 0.25) is 5.91 Å². The Kier molecular flexibility index (Phi) is 5.43. The zero-order chi connectivity index (χ0) is 17.2. The third-order valence-electron chi connectivity index (χ3n) is 4.81. The standard InChI is InChI=1S/C21H21N3O.ClH/c22-21(25)12-15-8-6-14(7-9-15)11-16-13-20(19-5-2-10-23-19)24-18-4-1-3-17(16)18;/h2,5-10,13,23H,1,3-4,11-12H2,(H2,22,25);1H. The van der Waals surface area contributed by atoms with Crippen LogP contribution in [0.2, 0.25) is 0 Å². The number of rotatable bonds is 5. The fraction of sp³-hybridized carbons (Fsp3) is 0.238. The number of nitrogens with two attached hydrogens (primary N) is 1. The summed E-state index contributed by atoms with van der Waals surface area (Å²) in [5, 5.41) is 0. The van der Waals surface area contributed by atoms with Gasteiger partial charge in [-0.1, -0.05) is 24.3 Å². The molecule has 0 aliphatic heterocycles. The lowest BCUT2D eigenvalue weighted by Gasteiger charge is -2.11. The van der Waals surface area contributed by atoms with E-state index < -0.39 is 0 Å². The third-order valence-corrected chi connectivity index (χ3v) is 4.81. The molecule has 0 radical (unpaired) electrons. The fourth-order valence-electron chi connectivity index (χ4n) is 3.61. The molecule has 0 bridgehead atoms. The van der Waals surface area contributed by atoms with Crippen molar-refractivity contribution in [2.24, 2.45) is 5.73 Å². The first kappa shape index (κ1) is 18.2. The van der Waals surface area contributed by atoms with Crippen LogP contribution >= 0.6 is 12.4 Å². The van der Waals surface area contributed by atoms with Crippen LogP contribution in [-0.4, -0.2) is 15.9 Å². The van der Waals surface area contributed by atoms with E-state index in [1.165, 1.54) is 28.8 Å². The van der Waals surface area contributed by atoms with Gasteiger partial charge in [0.1, 0.15) is 0 Å². The van der Waals surface area contributed by atoms with Gasteiger partial charge in [0.05, 0.1) is 17.8 Å². The first-order valence-electron chi connectivity index (χ1n) is 8.70. The molecule has 0 unspecified atom stereocenters. The van der Waals surface area contributed by atoms with Crippen molar-refractivity contribution < 1.29 is 4.79 Å². The molecule has 1 aromatic carbocycles. The lowest BCUT2D eigenvalue weighted by Crippen LogP contribution is -2.13. The Bertz CT molecular complexity index is 902. The number of carbonyl (C=O) groups is 1. The average Bonchev–Trinajstić information content (AvgIpc) is 3.27. The number of amides is 1. The maximum absolute atomic E-state index is 11.0.